The van der Waals surface area contributed by atoms with E-state index in [0.717, 1.165) is 37.9 Å². The molecule has 1 atom stereocenters. The molecule has 0 radical (unpaired) electrons. The Morgan fingerprint density at radius 2 is 1.63 bits per heavy atom. The van der Waals surface area contributed by atoms with Crippen LogP contribution in [-0.4, -0.2) is 29.3 Å². The van der Waals surface area contributed by atoms with Crippen molar-refractivity contribution in [3.63, 3.8) is 0 Å². The van der Waals surface area contributed by atoms with Crippen LogP contribution in [0.2, 0.25) is 0 Å². The smallest absolute Gasteiger partial charge is 0.255 e. The van der Waals surface area contributed by atoms with Gasteiger partial charge in [0.1, 0.15) is 0 Å². The van der Waals surface area contributed by atoms with Crippen LogP contribution in [0.15, 0.2) is 48.5 Å². The zero-order valence-electron chi connectivity index (χ0n) is 16.2. The summed E-state index contributed by atoms with van der Waals surface area (Å²) in [5.41, 5.74) is 3.21. The molecule has 1 heterocycles. The van der Waals surface area contributed by atoms with Crippen molar-refractivity contribution < 1.29 is 9.59 Å². The maximum Gasteiger partial charge on any atom is 0.255 e. The zero-order chi connectivity index (χ0) is 19.2. The maximum absolute atomic E-state index is 12.8. The second kappa shape index (κ2) is 8.85. The fraction of sp³-hybridized carbons (Fsp3) is 0.391. The molecule has 2 aromatic carbocycles. The van der Waals surface area contributed by atoms with E-state index in [0.29, 0.717) is 17.2 Å². The van der Waals surface area contributed by atoms with E-state index in [1.54, 1.807) is 24.3 Å². The summed E-state index contributed by atoms with van der Waals surface area (Å²) in [6.07, 6.45) is 5.31. The molecule has 4 heteroatoms. The number of hydrogen-bond acceptors (Lipinski definition) is 2. The third-order valence-corrected chi connectivity index (χ3v) is 5.37. The Morgan fingerprint density at radius 3 is 2.26 bits per heavy atom. The number of likely N-dealkylation sites (tertiary alicyclic amines) is 1. The minimum Gasteiger partial charge on any atom is -0.336 e. The summed E-state index contributed by atoms with van der Waals surface area (Å²) >= 11 is 0. The molecule has 27 heavy (non-hydrogen) atoms. The molecule has 0 aromatic heterocycles. The predicted molar refractivity (Wildman–Crippen MR) is 109 cm³/mol. The second-order valence-electron chi connectivity index (χ2n) is 7.14. The van der Waals surface area contributed by atoms with E-state index < -0.39 is 0 Å². The van der Waals surface area contributed by atoms with Gasteiger partial charge in [-0.15, -0.1) is 0 Å². The summed E-state index contributed by atoms with van der Waals surface area (Å²) in [4.78, 5) is 27.3. The van der Waals surface area contributed by atoms with Crippen LogP contribution in [0.3, 0.4) is 0 Å². The fourth-order valence-electron chi connectivity index (χ4n) is 3.65. The van der Waals surface area contributed by atoms with E-state index in [-0.39, 0.29) is 11.8 Å². The Balaban J connectivity index is 1.66. The van der Waals surface area contributed by atoms with Crippen molar-refractivity contribution in [2.75, 3.05) is 11.9 Å². The number of aryl methyl sites for hydroxylation is 1. The summed E-state index contributed by atoms with van der Waals surface area (Å²) in [6.45, 7) is 5.06. The number of anilines is 1. The molecule has 1 N–H and O–H groups in total. The van der Waals surface area contributed by atoms with Gasteiger partial charge in [-0.2, -0.15) is 0 Å². The van der Waals surface area contributed by atoms with E-state index in [2.05, 4.69) is 19.2 Å². The van der Waals surface area contributed by atoms with Crippen molar-refractivity contribution in [2.45, 2.75) is 52.0 Å². The molecule has 0 saturated carbocycles. The van der Waals surface area contributed by atoms with Crippen molar-refractivity contribution in [1.82, 2.24) is 4.90 Å². The normalized spacial score (nSPS) is 16.8. The molecule has 2 aromatic rings. The number of carbonyl (C=O) groups excluding carboxylic acids is 2. The Kier molecular flexibility index (Phi) is 6.28. The molecule has 3 rings (SSSR count). The van der Waals surface area contributed by atoms with Gasteiger partial charge in [0.15, 0.2) is 0 Å². The molecule has 2 amide bonds. The molecule has 1 saturated heterocycles. The van der Waals surface area contributed by atoms with Gasteiger partial charge in [0.05, 0.1) is 0 Å². The van der Waals surface area contributed by atoms with Crippen LogP contribution >= 0.6 is 0 Å². The van der Waals surface area contributed by atoms with E-state index in [9.17, 15) is 9.59 Å². The van der Waals surface area contributed by atoms with E-state index in [1.807, 2.05) is 29.2 Å². The lowest BCUT2D eigenvalue weighted by atomic mass is 9.98. The van der Waals surface area contributed by atoms with Gasteiger partial charge in [0, 0.05) is 29.4 Å². The molecular weight excluding hydrogens is 336 g/mol. The Morgan fingerprint density at radius 1 is 0.963 bits per heavy atom. The molecule has 0 aliphatic carbocycles. The molecule has 1 aliphatic heterocycles. The first-order chi connectivity index (χ1) is 13.1. The molecule has 0 spiro atoms. The number of nitrogens with zero attached hydrogens (tertiary/aromatic N) is 1. The topological polar surface area (TPSA) is 49.4 Å². The van der Waals surface area contributed by atoms with Gasteiger partial charge >= 0.3 is 0 Å². The number of benzene rings is 2. The van der Waals surface area contributed by atoms with Crippen LogP contribution in [0.1, 0.15) is 65.8 Å². The van der Waals surface area contributed by atoms with E-state index in [1.165, 1.54) is 12.0 Å². The van der Waals surface area contributed by atoms with Crippen molar-refractivity contribution in [2.24, 2.45) is 0 Å². The number of hydrogen-bond donors (Lipinski definition) is 1. The van der Waals surface area contributed by atoms with Gasteiger partial charge < -0.3 is 10.2 Å². The van der Waals surface area contributed by atoms with Gasteiger partial charge in [-0.3, -0.25) is 9.59 Å². The zero-order valence-corrected chi connectivity index (χ0v) is 16.2. The fourth-order valence-corrected chi connectivity index (χ4v) is 3.65. The first kappa shape index (κ1) is 19.2. The van der Waals surface area contributed by atoms with Crippen LogP contribution in [0.25, 0.3) is 0 Å². The van der Waals surface area contributed by atoms with Crippen molar-refractivity contribution in [1.29, 1.82) is 0 Å². The largest absolute Gasteiger partial charge is 0.336 e. The maximum atomic E-state index is 12.8. The Hall–Kier alpha value is -2.62. The van der Waals surface area contributed by atoms with E-state index in [4.69, 9.17) is 0 Å². The number of piperidine rings is 1. The minimum atomic E-state index is -0.164. The van der Waals surface area contributed by atoms with Crippen molar-refractivity contribution in [3.8, 4) is 0 Å². The van der Waals surface area contributed by atoms with Crippen LogP contribution in [-0.2, 0) is 6.42 Å². The highest BCUT2D eigenvalue weighted by molar-refractivity contribution is 6.05. The third kappa shape index (κ3) is 4.57. The lowest BCUT2D eigenvalue weighted by Crippen LogP contribution is -2.43. The Labute approximate surface area is 161 Å². The summed E-state index contributed by atoms with van der Waals surface area (Å²) in [6, 6.07) is 15.2. The SMILES string of the molecule is CCc1ccc(NC(=O)c2ccc(C(=O)N3CCCCC3CC)cc2)cc1. The number of nitrogens with one attached hydrogen (secondary N) is 1. The summed E-state index contributed by atoms with van der Waals surface area (Å²) in [5.74, 6) is -0.0914. The summed E-state index contributed by atoms with van der Waals surface area (Å²) < 4.78 is 0. The second-order valence-corrected chi connectivity index (χ2v) is 7.14. The monoisotopic (exact) mass is 364 g/mol. The quantitative estimate of drug-likeness (QED) is 0.820. The van der Waals surface area contributed by atoms with E-state index >= 15 is 0 Å². The average molecular weight is 364 g/mol. The van der Waals surface area contributed by atoms with Gasteiger partial charge in [-0.1, -0.05) is 26.0 Å². The first-order valence-electron chi connectivity index (χ1n) is 9.93. The van der Waals surface area contributed by atoms with Gasteiger partial charge in [-0.05, 0) is 74.1 Å². The number of rotatable bonds is 5. The molecule has 4 nitrogen and oxygen atoms in total. The molecule has 0 bridgehead atoms. The van der Waals surface area contributed by atoms with Crippen LogP contribution in [0, 0.1) is 0 Å². The van der Waals surface area contributed by atoms with Crippen LogP contribution in [0.5, 0.6) is 0 Å². The van der Waals surface area contributed by atoms with Gasteiger partial charge in [0.25, 0.3) is 11.8 Å². The highest BCUT2D eigenvalue weighted by Gasteiger charge is 2.26. The molecule has 142 valence electrons. The summed E-state index contributed by atoms with van der Waals surface area (Å²) in [5, 5.41) is 2.90. The average Bonchev–Trinajstić information content (AvgIpc) is 2.73. The minimum absolute atomic E-state index is 0.0728. The van der Waals surface area contributed by atoms with Gasteiger partial charge in [-0.25, -0.2) is 0 Å². The standard InChI is InChI=1S/C23H28N2O2/c1-3-17-8-14-20(15-9-17)24-22(26)18-10-12-19(13-11-18)23(27)25-16-6-5-7-21(25)4-2/h8-15,21H,3-7,16H2,1-2H3,(H,24,26). The lowest BCUT2D eigenvalue weighted by molar-refractivity contribution is 0.0607. The predicted octanol–water partition coefficient (Wildman–Crippen LogP) is 4.91. The summed E-state index contributed by atoms with van der Waals surface area (Å²) in [7, 11) is 0. The highest BCUT2D eigenvalue weighted by Crippen LogP contribution is 2.22. The molecule has 1 fully saturated rings. The first-order valence-corrected chi connectivity index (χ1v) is 9.93. The van der Waals surface area contributed by atoms with Gasteiger partial charge in [0.2, 0.25) is 0 Å². The van der Waals surface area contributed by atoms with Crippen LogP contribution < -0.4 is 5.32 Å². The highest BCUT2D eigenvalue weighted by atomic mass is 16.2. The van der Waals surface area contributed by atoms with Crippen molar-refractivity contribution >= 4 is 17.5 Å². The molecule has 1 aliphatic rings. The van der Waals surface area contributed by atoms with Crippen LogP contribution in [0.4, 0.5) is 5.69 Å². The lowest BCUT2D eigenvalue weighted by Gasteiger charge is -2.35. The van der Waals surface area contributed by atoms with Crippen molar-refractivity contribution in [3.05, 3.63) is 65.2 Å². The molecular formula is C23H28N2O2. The number of carbonyl (C=O) groups is 2. The molecule has 1 unspecified atom stereocenters. The number of amides is 2. The Bertz CT molecular complexity index is 781. The third-order valence-electron chi connectivity index (χ3n) is 5.37.